The van der Waals surface area contributed by atoms with Gasteiger partial charge >= 0.3 is 0 Å². The molecular formula is C12H16N2. The van der Waals surface area contributed by atoms with Crippen molar-refractivity contribution < 1.29 is 0 Å². The van der Waals surface area contributed by atoms with Crippen molar-refractivity contribution in [2.45, 2.75) is 32.9 Å². The Kier molecular flexibility index (Phi) is 3.67. The van der Waals surface area contributed by atoms with Gasteiger partial charge in [0.05, 0.1) is 6.07 Å². The standard InChI is InChI=1S/C12H16N2/c1-9(2)14-12(8-13)11-6-4-10(3)5-7-11/h4-7,9,12,14H,1-3H3. The molecule has 0 aliphatic carbocycles. The lowest BCUT2D eigenvalue weighted by Gasteiger charge is -2.14. The summed E-state index contributed by atoms with van der Waals surface area (Å²) in [4.78, 5) is 0. The fourth-order valence-electron chi connectivity index (χ4n) is 1.30. The van der Waals surface area contributed by atoms with Gasteiger partial charge in [-0.05, 0) is 26.3 Å². The van der Waals surface area contributed by atoms with Gasteiger partial charge in [0, 0.05) is 6.04 Å². The molecule has 14 heavy (non-hydrogen) atoms. The van der Waals surface area contributed by atoms with Gasteiger partial charge in [0.1, 0.15) is 6.04 Å². The van der Waals surface area contributed by atoms with Crippen LogP contribution < -0.4 is 5.32 Å². The van der Waals surface area contributed by atoms with Gasteiger partial charge in [-0.1, -0.05) is 29.8 Å². The minimum atomic E-state index is -0.199. The van der Waals surface area contributed by atoms with Gasteiger partial charge in [0.2, 0.25) is 0 Å². The van der Waals surface area contributed by atoms with Gasteiger partial charge in [-0.2, -0.15) is 5.26 Å². The van der Waals surface area contributed by atoms with E-state index in [1.54, 1.807) is 0 Å². The van der Waals surface area contributed by atoms with Crippen LogP contribution >= 0.6 is 0 Å². The van der Waals surface area contributed by atoms with Crippen molar-refractivity contribution in [3.8, 4) is 6.07 Å². The maximum Gasteiger partial charge on any atom is 0.121 e. The molecule has 0 saturated heterocycles. The fourth-order valence-corrected chi connectivity index (χ4v) is 1.30. The van der Waals surface area contributed by atoms with Crippen molar-refractivity contribution in [1.29, 1.82) is 5.26 Å². The van der Waals surface area contributed by atoms with Crippen molar-refractivity contribution in [3.63, 3.8) is 0 Å². The Morgan fingerprint density at radius 1 is 1.21 bits per heavy atom. The highest BCUT2D eigenvalue weighted by Crippen LogP contribution is 2.13. The van der Waals surface area contributed by atoms with Crippen LogP contribution in [0, 0.1) is 18.3 Å². The Labute approximate surface area is 85.6 Å². The van der Waals surface area contributed by atoms with Gasteiger partial charge in [-0.3, -0.25) is 5.32 Å². The minimum absolute atomic E-state index is 0.199. The smallest absolute Gasteiger partial charge is 0.121 e. The molecule has 2 nitrogen and oxygen atoms in total. The first kappa shape index (κ1) is 10.7. The van der Waals surface area contributed by atoms with Crippen LogP contribution in [0.3, 0.4) is 0 Å². The third-order valence-electron chi connectivity index (χ3n) is 2.04. The second-order valence-electron chi connectivity index (χ2n) is 3.79. The Morgan fingerprint density at radius 2 is 1.79 bits per heavy atom. The SMILES string of the molecule is Cc1ccc(C(C#N)NC(C)C)cc1. The average molecular weight is 188 g/mol. The second kappa shape index (κ2) is 4.78. The summed E-state index contributed by atoms with van der Waals surface area (Å²) in [7, 11) is 0. The molecule has 0 bridgehead atoms. The third-order valence-corrected chi connectivity index (χ3v) is 2.04. The summed E-state index contributed by atoms with van der Waals surface area (Å²) in [6.07, 6.45) is 0. The molecule has 0 radical (unpaired) electrons. The summed E-state index contributed by atoms with van der Waals surface area (Å²) in [5.74, 6) is 0. The first-order valence-electron chi connectivity index (χ1n) is 4.85. The lowest BCUT2D eigenvalue weighted by atomic mass is 10.1. The summed E-state index contributed by atoms with van der Waals surface area (Å²) < 4.78 is 0. The highest BCUT2D eigenvalue weighted by atomic mass is 14.9. The molecule has 0 aliphatic heterocycles. The monoisotopic (exact) mass is 188 g/mol. The van der Waals surface area contributed by atoms with Gasteiger partial charge < -0.3 is 0 Å². The van der Waals surface area contributed by atoms with E-state index in [2.05, 4.69) is 11.4 Å². The number of nitrogens with one attached hydrogen (secondary N) is 1. The van der Waals surface area contributed by atoms with Crippen molar-refractivity contribution >= 4 is 0 Å². The Hall–Kier alpha value is -1.33. The summed E-state index contributed by atoms with van der Waals surface area (Å²) in [5.41, 5.74) is 2.25. The molecule has 0 fully saturated rings. The van der Waals surface area contributed by atoms with Crippen LogP contribution in [0.4, 0.5) is 0 Å². The fraction of sp³-hybridized carbons (Fsp3) is 0.417. The van der Waals surface area contributed by atoms with Crippen LogP contribution in [-0.2, 0) is 0 Å². The maximum absolute atomic E-state index is 8.99. The van der Waals surface area contributed by atoms with E-state index in [1.165, 1.54) is 5.56 Å². The van der Waals surface area contributed by atoms with Crippen LogP contribution in [0.25, 0.3) is 0 Å². The zero-order valence-corrected chi connectivity index (χ0v) is 8.91. The highest BCUT2D eigenvalue weighted by Gasteiger charge is 2.10. The number of aryl methyl sites for hydroxylation is 1. The molecule has 1 N–H and O–H groups in total. The van der Waals surface area contributed by atoms with Crippen LogP contribution in [0.1, 0.15) is 31.0 Å². The molecule has 0 heterocycles. The van der Waals surface area contributed by atoms with Gasteiger partial charge in [0.25, 0.3) is 0 Å². The largest absolute Gasteiger partial charge is 0.296 e. The molecule has 0 amide bonds. The van der Waals surface area contributed by atoms with Crippen LogP contribution in [-0.4, -0.2) is 6.04 Å². The van der Waals surface area contributed by atoms with E-state index < -0.39 is 0 Å². The first-order chi connectivity index (χ1) is 6.63. The molecule has 74 valence electrons. The highest BCUT2D eigenvalue weighted by molar-refractivity contribution is 5.27. The molecule has 1 atom stereocenters. The van der Waals surface area contributed by atoms with E-state index in [9.17, 15) is 0 Å². The third kappa shape index (κ3) is 2.86. The normalized spacial score (nSPS) is 12.5. The van der Waals surface area contributed by atoms with E-state index in [0.717, 1.165) is 5.56 Å². The molecular weight excluding hydrogens is 172 g/mol. The van der Waals surface area contributed by atoms with E-state index >= 15 is 0 Å². The van der Waals surface area contributed by atoms with Crippen LogP contribution in [0.15, 0.2) is 24.3 Å². The van der Waals surface area contributed by atoms with Gasteiger partial charge in [-0.25, -0.2) is 0 Å². The summed E-state index contributed by atoms with van der Waals surface area (Å²) in [6.45, 7) is 6.12. The average Bonchev–Trinajstić information content (AvgIpc) is 2.15. The van der Waals surface area contributed by atoms with E-state index in [-0.39, 0.29) is 6.04 Å². The predicted octanol–water partition coefficient (Wildman–Crippen LogP) is 2.56. The molecule has 1 aromatic carbocycles. The van der Waals surface area contributed by atoms with E-state index in [1.807, 2.05) is 45.0 Å². The topological polar surface area (TPSA) is 35.8 Å². The summed E-state index contributed by atoms with van der Waals surface area (Å²) in [6, 6.07) is 10.4. The van der Waals surface area contributed by atoms with Crippen LogP contribution in [0.2, 0.25) is 0 Å². The predicted molar refractivity (Wildman–Crippen MR) is 57.8 cm³/mol. The van der Waals surface area contributed by atoms with Gasteiger partial charge in [-0.15, -0.1) is 0 Å². The molecule has 0 aliphatic rings. The number of hydrogen-bond acceptors (Lipinski definition) is 2. The van der Waals surface area contributed by atoms with Crippen molar-refractivity contribution in [1.82, 2.24) is 5.32 Å². The van der Waals surface area contributed by atoms with Crippen molar-refractivity contribution in [2.24, 2.45) is 0 Å². The summed E-state index contributed by atoms with van der Waals surface area (Å²) in [5, 5.41) is 12.2. The Morgan fingerprint density at radius 3 is 2.21 bits per heavy atom. The Bertz CT molecular complexity index is 319. The number of nitrogens with zero attached hydrogens (tertiary/aromatic N) is 1. The van der Waals surface area contributed by atoms with Crippen LogP contribution in [0.5, 0.6) is 0 Å². The quantitative estimate of drug-likeness (QED) is 0.791. The Balaban J connectivity index is 2.80. The molecule has 1 aromatic rings. The van der Waals surface area contributed by atoms with E-state index in [4.69, 9.17) is 5.26 Å². The zero-order chi connectivity index (χ0) is 10.6. The molecule has 0 spiro atoms. The molecule has 0 saturated carbocycles. The molecule has 0 aromatic heterocycles. The van der Waals surface area contributed by atoms with Crippen molar-refractivity contribution in [2.75, 3.05) is 0 Å². The number of hydrogen-bond donors (Lipinski definition) is 1. The van der Waals surface area contributed by atoms with Gasteiger partial charge in [0.15, 0.2) is 0 Å². The molecule has 1 rings (SSSR count). The first-order valence-corrected chi connectivity index (χ1v) is 4.85. The van der Waals surface area contributed by atoms with Crippen molar-refractivity contribution in [3.05, 3.63) is 35.4 Å². The lowest BCUT2D eigenvalue weighted by Crippen LogP contribution is -2.27. The number of rotatable bonds is 3. The minimum Gasteiger partial charge on any atom is -0.296 e. The molecule has 2 heteroatoms. The maximum atomic E-state index is 8.99. The lowest BCUT2D eigenvalue weighted by molar-refractivity contribution is 0.546. The number of nitriles is 1. The second-order valence-corrected chi connectivity index (χ2v) is 3.79. The zero-order valence-electron chi connectivity index (χ0n) is 8.91. The number of benzene rings is 1. The molecule has 1 unspecified atom stereocenters. The summed E-state index contributed by atoms with van der Waals surface area (Å²) >= 11 is 0. The van der Waals surface area contributed by atoms with E-state index in [0.29, 0.717) is 6.04 Å².